The number of hydrogen-bond acceptors (Lipinski definition) is 6. The van der Waals surface area contributed by atoms with E-state index in [2.05, 4.69) is 69.3 Å². The van der Waals surface area contributed by atoms with Gasteiger partial charge in [-0.3, -0.25) is 15.0 Å². The lowest BCUT2D eigenvalue weighted by Gasteiger charge is -2.16. The van der Waals surface area contributed by atoms with Crippen LogP contribution in [0.5, 0.6) is 5.75 Å². The first kappa shape index (κ1) is 29.0. The molecule has 0 unspecified atom stereocenters. The zero-order chi connectivity index (χ0) is 30.9. The highest BCUT2D eigenvalue weighted by Crippen LogP contribution is 2.37. The molecule has 0 bridgehead atoms. The van der Waals surface area contributed by atoms with Gasteiger partial charge in [0.1, 0.15) is 23.9 Å². The number of nitrogens with zero attached hydrogens (tertiary/aromatic N) is 4. The molecule has 4 N–H and O–H groups in total. The number of H-pyrrole nitrogens is 2. The van der Waals surface area contributed by atoms with Crippen molar-refractivity contribution in [2.24, 2.45) is 5.73 Å². The highest BCUT2D eigenvalue weighted by Gasteiger charge is 2.21. The molecule has 1 aliphatic carbocycles. The summed E-state index contributed by atoms with van der Waals surface area (Å²) in [5.41, 5.74) is 16.5. The second-order valence-corrected chi connectivity index (χ2v) is 12.3. The van der Waals surface area contributed by atoms with Crippen LogP contribution < -0.4 is 10.5 Å². The molecular formula is C36H38FN7O. The molecule has 45 heavy (non-hydrogen) atoms. The Morgan fingerprint density at radius 3 is 2.69 bits per heavy atom. The molecule has 0 radical (unpaired) electrons. The Balaban J connectivity index is 1.21. The van der Waals surface area contributed by atoms with Gasteiger partial charge >= 0.3 is 0 Å². The normalized spacial score (nSPS) is 15.3. The number of nitrogens with one attached hydrogen (secondary N) is 2. The maximum Gasteiger partial charge on any atom is 0.127 e. The van der Waals surface area contributed by atoms with Crippen molar-refractivity contribution in [1.29, 1.82) is 0 Å². The van der Waals surface area contributed by atoms with Crippen molar-refractivity contribution in [3.63, 3.8) is 0 Å². The third-order valence-electron chi connectivity index (χ3n) is 8.54. The fraction of sp³-hybridized carbons (Fsp3) is 0.278. The van der Waals surface area contributed by atoms with Crippen LogP contribution in [0.1, 0.15) is 35.2 Å². The zero-order valence-corrected chi connectivity index (χ0v) is 25.7. The van der Waals surface area contributed by atoms with E-state index >= 15 is 0 Å². The molecule has 1 aliphatic heterocycles. The maximum atomic E-state index is 14.9. The third kappa shape index (κ3) is 6.27. The summed E-state index contributed by atoms with van der Waals surface area (Å²) in [6.45, 7) is 4.39. The van der Waals surface area contributed by atoms with Crippen molar-refractivity contribution >= 4 is 16.5 Å². The van der Waals surface area contributed by atoms with Gasteiger partial charge in [0.25, 0.3) is 0 Å². The number of aromatic nitrogens is 4. The number of halogens is 1. The van der Waals surface area contributed by atoms with Gasteiger partial charge in [0.05, 0.1) is 11.2 Å². The quantitative estimate of drug-likeness (QED) is 0.188. The SMILES string of the molecule is CN(C)Cc1cncc(-c2ccc3[nH]nc(-c4cc5c([nH]4)CC(N)=CC=C5c4cc(F)cc(OCCN5CCCC5)c4)c3c2)c1. The first-order chi connectivity index (χ1) is 21.9. The fourth-order valence-corrected chi connectivity index (χ4v) is 6.40. The van der Waals surface area contributed by atoms with Gasteiger partial charge in [-0.2, -0.15) is 5.10 Å². The van der Waals surface area contributed by atoms with Gasteiger partial charge in [0.15, 0.2) is 0 Å². The molecule has 1 fully saturated rings. The summed E-state index contributed by atoms with van der Waals surface area (Å²) >= 11 is 0. The zero-order valence-electron chi connectivity index (χ0n) is 25.7. The number of likely N-dealkylation sites (tertiary alicyclic amines) is 1. The van der Waals surface area contributed by atoms with E-state index < -0.39 is 0 Å². The van der Waals surface area contributed by atoms with Gasteiger partial charge in [-0.25, -0.2) is 4.39 Å². The number of allylic oxidation sites excluding steroid dienone is 3. The van der Waals surface area contributed by atoms with Crippen LogP contribution in [0.2, 0.25) is 0 Å². The van der Waals surface area contributed by atoms with E-state index in [1.807, 2.05) is 30.6 Å². The minimum Gasteiger partial charge on any atom is -0.492 e. The van der Waals surface area contributed by atoms with E-state index in [1.54, 1.807) is 6.07 Å². The van der Waals surface area contributed by atoms with E-state index in [-0.39, 0.29) is 5.82 Å². The topological polar surface area (TPSA) is 99.1 Å². The minimum atomic E-state index is -0.335. The van der Waals surface area contributed by atoms with Crippen molar-refractivity contribution in [1.82, 2.24) is 30.0 Å². The molecule has 0 atom stereocenters. The highest BCUT2D eigenvalue weighted by atomic mass is 19.1. The number of aromatic amines is 2. The lowest BCUT2D eigenvalue weighted by Crippen LogP contribution is -2.25. The van der Waals surface area contributed by atoms with Crippen LogP contribution in [0.25, 0.3) is 39.0 Å². The third-order valence-corrected chi connectivity index (χ3v) is 8.54. The van der Waals surface area contributed by atoms with Gasteiger partial charge < -0.3 is 20.4 Å². The summed E-state index contributed by atoms with van der Waals surface area (Å²) < 4.78 is 21.0. The molecular weight excluding hydrogens is 565 g/mol. The molecule has 5 aromatic rings. The number of ether oxygens (including phenoxy) is 1. The summed E-state index contributed by atoms with van der Waals surface area (Å²) in [4.78, 5) is 12.6. The number of hydrogen-bond donors (Lipinski definition) is 3. The Labute approximate surface area is 262 Å². The smallest absolute Gasteiger partial charge is 0.127 e. The van der Waals surface area contributed by atoms with Crippen LogP contribution in [-0.4, -0.2) is 70.3 Å². The fourth-order valence-electron chi connectivity index (χ4n) is 6.40. The van der Waals surface area contributed by atoms with E-state index in [9.17, 15) is 4.39 Å². The monoisotopic (exact) mass is 603 g/mol. The summed E-state index contributed by atoms with van der Waals surface area (Å²) in [5, 5.41) is 8.89. The van der Waals surface area contributed by atoms with E-state index in [4.69, 9.17) is 15.6 Å². The molecule has 7 rings (SSSR count). The lowest BCUT2D eigenvalue weighted by molar-refractivity contribution is 0.237. The summed E-state index contributed by atoms with van der Waals surface area (Å²) in [6.07, 6.45) is 10.7. The minimum absolute atomic E-state index is 0.335. The second kappa shape index (κ2) is 12.3. The lowest BCUT2D eigenvalue weighted by atomic mass is 9.97. The van der Waals surface area contributed by atoms with E-state index in [1.165, 1.54) is 18.9 Å². The molecule has 1 saturated heterocycles. The Bertz CT molecular complexity index is 1910. The van der Waals surface area contributed by atoms with Crippen molar-refractivity contribution in [2.75, 3.05) is 40.3 Å². The van der Waals surface area contributed by atoms with Crippen molar-refractivity contribution in [3.8, 4) is 28.3 Å². The molecule has 230 valence electrons. The van der Waals surface area contributed by atoms with E-state index in [0.29, 0.717) is 18.8 Å². The number of rotatable bonds is 9. The molecule has 4 heterocycles. The number of pyridine rings is 1. The standard InChI is InChI=1S/C36H38FN7O/c1-43(2)22-23-13-26(21-39-20-23)24-5-8-33-32(16-24)36(42-41-33)35-19-31-30(7-6-28(38)18-34(31)40-35)25-14-27(37)17-29(15-25)45-12-11-44-9-3-4-10-44/h5-8,13-17,19-21,40H,3-4,9-12,18,22,38H2,1-2H3,(H,41,42). The van der Waals surface area contributed by atoms with Gasteiger partial charge in [0.2, 0.25) is 0 Å². The summed E-state index contributed by atoms with van der Waals surface area (Å²) in [5.74, 6) is 0.191. The van der Waals surface area contributed by atoms with Crippen molar-refractivity contribution in [2.45, 2.75) is 25.8 Å². The van der Waals surface area contributed by atoms with Gasteiger partial charge in [-0.05, 0) is 105 Å². The first-order valence-corrected chi connectivity index (χ1v) is 15.5. The molecule has 8 nitrogen and oxygen atoms in total. The molecule has 3 aromatic heterocycles. The Morgan fingerprint density at radius 1 is 0.978 bits per heavy atom. The first-order valence-electron chi connectivity index (χ1n) is 15.5. The van der Waals surface area contributed by atoms with Crippen LogP contribution in [-0.2, 0) is 13.0 Å². The predicted molar refractivity (Wildman–Crippen MR) is 177 cm³/mol. The Hall–Kier alpha value is -4.73. The summed E-state index contributed by atoms with van der Waals surface area (Å²) in [6, 6.07) is 15.5. The summed E-state index contributed by atoms with van der Waals surface area (Å²) in [7, 11) is 4.10. The molecule has 9 heteroatoms. The Morgan fingerprint density at radius 2 is 1.84 bits per heavy atom. The van der Waals surface area contributed by atoms with Gasteiger partial charge in [-0.1, -0.05) is 12.1 Å². The molecule has 0 amide bonds. The van der Waals surface area contributed by atoms with E-state index in [0.717, 1.165) is 93.3 Å². The number of fused-ring (bicyclic) bond motifs is 2. The number of nitrogens with two attached hydrogens (primary N) is 1. The number of benzene rings is 2. The van der Waals surface area contributed by atoms with Gasteiger partial charge in [0, 0.05) is 65.9 Å². The predicted octanol–water partition coefficient (Wildman–Crippen LogP) is 6.13. The average molecular weight is 604 g/mol. The highest BCUT2D eigenvalue weighted by molar-refractivity contribution is 5.96. The maximum absolute atomic E-state index is 14.9. The van der Waals surface area contributed by atoms with Crippen LogP contribution in [0.3, 0.4) is 0 Å². The molecule has 0 spiro atoms. The van der Waals surface area contributed by atoms with Crippen molar-refractivity contribution in [3.05, 3.63) is 107 Å². The van der Waals surface area contributed by atoms with Crippen LogP contribution in [0.4, 0.5) is 4.39 Å². The average Bonchev–Trinajstić information content (AvgIpc) is 3.76. The van der Waals surface area contributed by atoms with Crippen LogP contribution in [0.15, 0.2) is 78.8 Å². The van der Waals surface area contributed by atoms with Gasteiger partial charge in [-0.15, -0.1) is 0 Å². The van der Waals surface area contributed by atoms with Crippen LogP contribution in [0, 0.1) is 5.82 Å². The molecule has 2 aromatic carbocycles. The molecule has 2 aliphatic rings. The molecule has 0 saturated carbocycles. The largest absolute Gasteiger partial charge is 0.492 e. The second-order valence-electron chi connectivity index (χ2n) is 12.3. The van der Waals surface area contributed by atoms with Crippen molar-refractivity contribution < 1.29 is 9.13 Å². The van der Waals surface area contributed by atoms with Crippen LogP contribution >= 0.6 is 0 Å². The Kier molecular flexibility index (Phi) is 7.95.